The molecule has 170 valence electrons. The number of halogens is 1. The summed E-state index contributed by atoms with van der Waals surface area (Å²) in [5, 5.41) is 15.8. The topological polar surface area (TPSA) is 88.9 Å². The Bertz CT molecular complexity index is 1450. The smallest absolute Gasteiger partial charge is 0.249 e. The maximum Gasteiger partial charge on any atom is 0.249 e. The number of benzene rings is 3. The van der Waals surface area contributed by atoms with Gasteiger partial charge in [0.2, 0.25) is 5.91 Å². The van der Waals surface area contributed by atoms with Gasteiger partial charge in [0.25, 0.3) is 0 Å². The molecule has 0 aliphatic heterocycles. The minimum atomic E-state index is -0.145. The Morgan fingerprint density at radius 3 is 2.79 bits per heavy atom. The van der Waals surface area contributed by atoms with E-state index in [-0.39, 0.29) is 12.5 Å². The minimum Gasteiger partial charge on any atom is -0.496 e. The van der Waals surface area contributed by atoms with Crippen molar-refractivity contribution in [3.8, 4) is 16.9 Å². The van der Waals surface area contributed by atoms with Crippen LogP contribution < -0.4 is 9.64 Å². The van der Waals surface area contributed by atoms with Gasteiger partial charge in [-0.1, -0.05) is 41.1 Å². The lowest BCUT2D eigenvalue weighted by molar-refractivity contribution is -0.119. The number of carbonyl (C=O) groups excluding carboxylic acids is 1. The van der Waals surface area contributed by atoms with E-state index in [4.69, 9.17) is 16.3 Å². The van der Waals surface area contributed by atoms with E-state index in [1.165, 1.54) is 0 Å². The van der Waals surface area contributed by atoms with E-state index >= 15 is 0 Å². The number of nitrogens with one attached hydrogen (secondary N) is 1. The molecule has 0 aliphatic rings. The van der Waals surface area contributed by atoms with Crippen molar-refractivity contribution in [2.45, 2.75) is 13.1 Å². The Labute approximate surface area is 200 Å². The molecule has 9 heteroatoms. The third-order valence-corrected chi connectivity index (χ3v) is 5.78. The molecule has 0 atom stereocenters. The first-order chi connectivity index (χ1) is 16.6. The Kier molecular flexibility index (Phi) is 5.97. The SMILES string of the molecule is COc1cc(N(Cc2cccc(Cl)c2)C(=O)Cn2nnc3ccccc32)ccc1-c1cn[nH]c1. The van der Waals surface area contributed by atoms with Crippen LogP contribution in [0.4, 0.5) is 5.69 Å². The highest BCUT2D eigenvalue weighted by Gasteiger charge is 2.21. The summed E-state index contributed by atoms with van der Waals surface area (Å²) >= 11 is 6.21. The zero-order valence-electron chi connectivity index (χ0n) is 18.4. The first-order valence-electron chi connectivity index (χ1n) is 10.6. The van der Waals surface area contributed by atoms with Gasteiger partial charge in [0.1, 0.15) is 17.8 Å². The van der Waals surface area contributed by atoms with E-state index in [1.54, 1.807) is 29.1 Å². The molecule has 1 amide bonds. The third-order valence-electron chi connectivity index (χ3n) is 5.54. The number of H-pyrrole nitrogens is 1. The predicted octanol–water partition coefficient (Wildman–Crippen LogP) is 4.72. The Balaban J connectivity index is 1.52. The summed E-state index contributed by atoms with van der Waals surface area (Å²) in [5.74, 6) is 0.489. The normalized spacial score (nSPS) is 11.0. The van der Waals surface area contributed by atoms with E-state index in [0.717, 1.165) is 27.7 Å². The van der Waals surface area contributed by atoms with Gasteiger partial charge in [0, 0.05) is 34.1 Å². The maximum absolute atomic E-state index is 13.6. The molecule has 3 aromatic carbocycles. The van der Waals surface area contributed by atoms with Crippen LogP contribution in [0.15, 0.2) is 79.1 Å². The Morgan fingerprint density at radius 1 is 1.12 bits per heavy atom. The second kappa shape index (κ2) is 9.36. The molecule has 0 aliphatic carbocycles. The largest absolute Gasteiger partial charge is 0.496 e. The molecule has 1 N–H and O–H groups in total. The summed E-state index contributed by atoms with van der Waals surface area (Å²) < 4.78 is 7.26. The summed E-state index contributed by atoms with van der Waals surface area (Å²) in [6.07, 6.45) is 3.52. The van der Waals surface area contributed by atoms with Gasteiger partial charge in [-0.2, -0.15) is 5.10 Å². The zero-order valence-corrected chi connectivity index (χ0v) is 19.1. The van der Waals surface area contributed by atoms with Gasteiger partial charge in [-0.3, -0.25) is 9.89 Å². The van der Waals surface area contributed by atoms with Crippen molar-refractivity contribution < 1.29 is 9.53 Å². The maximum atomic E-state index is 13.6. The standard InChI is InChI=1S/C25H21ClN6O2/c1-34-24-12-20(9-10-21(24)18-13-27-28-14-18)31(15-17-5-4-6-19(26)11-17)25(33)16-32-23-8-3-2-7-22(23)29-30-32/h2-14H,15-16H2,1H3,(H,27,28). The zero-order chi connectivity index (χ0) is 23.5. The number of rotatable bonds is 7. The number of methoxy groups -OCH3 is 1. The summed E-state index contributed by atoms with van der Waals surface area (Å²) in [6, 6.07) is 20.7. The van der Waals surface area contributed by atoms with Crippen LogP contribution in [-0.2, 0) is 17.9 Å². The van der Waals surface area contributed by atoms with Gasteiger partial charge in [0.05, 0.1) is 25.4 Å². The second-order valence-corrected chi connectivity index (χ2v) is 8.15. The second-order valence-electron chi connectivity index (χ2n) is 7.72. The van der Waals surface area contributed by atoms with Crippen molar-refractivity contribution in [3.63, 3.8) is 0 Å². The van der Waals surface area contributed by atoms with E-state index in [2.05, 4.69) is 20.5 Å². The van der Waals surface area contributed by atoms with Crippen molar-refractivity contribution in [3.05, 3.63) is 89.7 Å². The number of hydrogen-bond acceptors (Lipinski definition) is 5. The lowest BCUT2D eigenvalue weighted by Gasteiger charge is -2.24. The number of nitrogens with zero attached hydrogens (tertiary/aromatic N) is 5. The first-order valence-corrected chi connectivity index (χ1v) is 11.0. The van der Waals surface area contributed by atoms with Crippen LogP contribution in [0.2, 0.25) is 5.02 Å². The van der Waals surface area contributed by atoms with Gasteiger partial charge in [0.15, 0.2) is 0 Å². The number of aromatic amines is 1. The lowest BCUT2D eigenvalue weighted by Crippen LogP contribution is -2.33. The van der Waals surface area contributed by atoms with Gasteiger partial charge < -0.3 is 9.64 Å². The first kappa shape index (κ1) is 21.7. The third kappa shape index (κ3) is 4.35. The van der Waals surface area contributed by atoms with Crippen molar-refractivity contribution in [1.29, 1.82) is 0 Å². The molecule has 5 aromatic rings. The highest BCUT2D eigenvalue weighted by molar-refractivity contribution is 6.30. The van der Waals surface area contributed by atoms with Crippen molar-refractivity contribution in [2.24, 2.45) is 0 Å². The summed E-state index contributed by atoms with van der Waals surface area (Å²) in [5.41, 5.74) is 4.90. The molecule has 5 rings (SSSR count). The summed E-state index contributed by atoms with van der Waals surface area (Å²) in [7, 11) is 1.60. The summed E-state index contributed by atoms with van der Waals surface area (Å²) in [6.45, 7) is 0.368. The number of amides is 1. The highest BCUT2D eigenvalue weighted by atomic mass is 35.5. The van der Waals surface area contributed by atoms with Crippen LogP contribution in [0.1, 0.15) is 5.56 Å². The molecule has 8 nitrogen and oxygen atoms in total. The fraction of sp³-hybridized carbons (Fsp3) is 0.120. The average Bonchev–Trinajstić information content (AvgIpc) is 3.53. The van der Waals surface area contributed by atoms with Gasteiger partial charge in [-0.05, 0) is 42.0 Å². The molecule has 0 radical (unpaired) electrons. The number of hydrogen-bond donors (Lipinski definition) is 1. The van der Waals surface area contributed by atoms with Crippen LogP contribution >= 0.6 is 11.6 Å². The fourth-order valence-corrected chi connectivity index (χ4v) is 4.09. The van der Waals surface area contributed by atoms with E-state index in [1.807, 2.05) is 66.7 Å². The molecule has 0 saturated carbocycles. The number of ether oxygens (including phenoxy) is 1. The van der Waals surface area contributed by atoms with E-state index in [0.29, 0.717) is 23.0 Å². The van der Waals surface area contributed by atoms with Crippen LogP contribution in [0.5, 0.6) is 5.75 Å². The lowest BCUT2D eigenvalue weighted by atomic mass is 10.1. The highest BCUT2D eigenvalue weighted by Crippen LogP contribution is 2.34. The van der Waals surface area contributed by atoms with Crippen molar-refractivity contribution in [2.75, 3.05) is 12.0 Å². The number of para-hydroxylation sites is 1. The number of carbonyl (C=O) groups is 1. The number of fused-ring (bicyclic) bond motifs is 1. The monoisotopic (exact) mass is 472 g/mol. The van der Waals surface area contributed by atoms with E-state index in [9.17, 15) is 4.79 Å². The molecular formula is C25H21ClN6O2. The predicted molar refractivity (Wildman–Crippen MR) is 131 cm³/mol. The molecule has 0 fully saturated rings. The van der Waals surface area contributed by atoms with Crippen molar-refractivity contribution >= 4 is 34.2 Å². The van der Waals surface area contributed by atoms with Gasteiger partial charge >= 0.3 is 0 Å². The van der Waals surface area contributed by atoms with Crippen LogP contribution in [0, 0.1) is 0 Å². The quantitative estimate of drug-likeness (QED) is 0.370. The average molecular weight is 473 g/mol. The minimum absolute atomic E-state index is 0.0346. The molecule has 0 unspecified atom stereocenters. The van der Waals surface area contributed by atoms with E-state index < -0.39 is 0 Å². The fourth-order valence-electron chi connectivity index (χ4n) is 3.87. The molecular weight excluding hydrogens is 452 g/mol. The van der Waals surface area contributed by atoms with Crippen molar-refractivity contribution in [1.82, 2.24) is 25.2 Å². The van der Waals surface area contributed by atoms with Gasteiger partial charge in [-0.25, -0.2) is 4.68 Å². The molecule has 2 aromatic heterocycles. The molecule has 2 heterocycles. The van der Waals surface area contributed by atoms with Crippen LogP contribution in [0.3, 0.4) is 0 Å². The summed E-state index contributed by atoms with van der Waals surface area (Å²) in [4.78, 5) is 15.3. The van der Waals surface area contributed by atoms with Gasteiger partial charge in [-0.15, -0.1) is 5.10 Å². The molecule has 0 bridgehead atoms. The number of anilines is 1. The van der Waals surface area contributed by atoms with Crippen LogP contribution in [0.25, 0.3) is 22.2 Å². The molecule has 0 saturated heterocycles. The molecule has 34 heavy (non-hydrogen) atoms. The Morgan fingerprint density at radius 2 is 2.00 bits per heavy atom. The number of aromatic nitrogens is 5. The Hall–Kier alpha value is -4.17. The van der Waals surface area contributed by atoms with Crippen LogP contribution in [-0.4, -0.2) is 38.2 Å². The molecule has 0 spiro atoms.